The number of piperidine rings is 3. The molecule has 8 atom stereocenters. The van der Waals surface area contributed by atoms with Crippen LogP contribution in [0.25, 0.3) is 10.8 Å². The van der Waals surface area contributed by atoms with Gasteiger partial charge in [0.15, 0.2) is 5.11 Å². The van der Waals surface area contributed by atoms with E-state index in [9.17, 15) is 0 Å². The molecule has 46 heavy (non-hydrogen) atoms. The van der Waals surface area contributed by atoms with Gasteiger partial charge in [0, 0.05) is 23.8 Å². The van der Waals surface area contributed by atoms with E-state index < -0.39 is 7.92 Å². The quantitative estimate of drug-likeness (QED) is 0.109. The molecule has 1 aliphatic carbocycles. The minimum absolute atomic E-state index is 0.118. The van der Waals surface area contributed by atoms with Crippen molar-refractivity contribution in [3.63, 3.8) is 0 Å². The Morgan fingerprint density at radius 3 is 2.26 bits per heavy atom. The summed E-state index contributed by atoms with van der Waals surface area (Å²) >= 11 is 6.24. The van der Waals surface area contributed by atoms with Crippen molar-refractivity contribution in [2.45, 2.75) is 69.2 Å². The summed E-state index contributed by atoms with van der Waals surface area (Å²) in [6.45, 7) is 11.4. The molecule has 8 rings (SSSR count). The Morgan fingerprint density at radius 1 is 0.913 bits per heavy atom. The van der Waals surface area contributed by atoms with E-state index in [-0.39, 0.29) is 17.2 Å². The van der Waals surface area contributed by atoms with Gasteiger partial charge in [0.05, 0.1) is 6.04 Å². The van der Waals surface area contributed by atoms with Gasteiger partial charge in [-0.1, -0.05) is 123 Å². The lowest BCUT2D eigenvalue weighted by molar-refractivity contribution is 0.00426. The number of fused-ring (bicyclic) bond motifs is 4. The molecule has 2 N–H and O–H groups in total. The minimum atomic E-state index is -0.542. The molecule has 1 saturated carbocycles. The van der Waals surface area contributed by atoms with E-state index in [2.05, 4.69) is 145 Å². The van der Waals surface area contributed by atoms with Crippen molar-refractivity contribution in [3.05, 3.63) is 121 Å². The highest BCUT2D eigenvalue weighted by Gasteiger charge is 2.48. The SMILES string of the molecule is C=CC1CN2CCC1CC2C(NC(=S)N[C@H](C)[C@@H]1CCCC1(C)P(c1ccccc1)c1ccccc1)c1cccc2ccccc12. The van der Waals surface area contributed by atoms with Crippen LogP contribution in [-0.2, 0) is 0 Å². The fourth-order valence-corrected chi connectivity index (χ4v) is 13.0. The summed E-state index contributed by atoms with van der Waals surface area (Å²) in [4.78, 5) is 2.71. The van der Waals surface area contributed by atoms with Crippen LogP contribution in [-0.4, -0.2) is 40.3 Å². The van der Waals surface area contributed by atoms with Crippen molar-refractivity contribution in [2.24, 2.45) is 17.8 Å². The van der Waals surface area contributed by atoms with Gasteiger partial charge in [0.2, 0.25) is 0 Å². The van der Waals surface area contributed by atoms with E-state index in [4.69, 9.17) is 12.2 Å². The Balaban J connectivity index is 1.16. The second kappa shape index (κ2) is 13.6. The van der Waals surface area contributed by atoms with Gasteiger partial charge < -0.3 is 10.6 Å². The molecule has 4 aromatic rings. The number of benzene rings is 4. The van der Waals surface area contributed by atoms with Crippen LogP contribution in [0, 0.1) is 17.8 Å². The number of hydrogen-bond donors (Lipinski definition) is 2. The molecule has 5 heteroatoms. The van der Waals surface area contributed by atoms with Crippen molar-refractivity contribution in [1.29, 1.82) is 0 Å². The summed E-state index contributed by atoms with van der Waals surface area (Å²) in [6.07, 6.45) is 8.35. The first-order valence-corrected chi connectivity index (χ1v) is 19.0. The van der Waals surface area contributed by atoms with Gasteiger partial charge in [-0.25, -0.2) is 0 Å². The van der Waals surface area contributed by atoms with Crippen molar-refractivity contribution in [2.75, 3.05) is 13.1 Å². The highest BCUT2D eigenvalue weighted by Crippen LogP contribution is 2.59. The number of nitrogens with zero attached hydrogens (tertiary/aromatic N) is 1. The lowest BCUT2D eigenvalue weighted by atomic mass is 9.73. The maximum absolute atomic E-state index is 6.24. The van der Waals surface area contributed by atoms with Crippen molar-refractivity contribution in [3.8, 4) is 0 Å². The first kappa shape index (κ1) is 31.6. The van der Waals surface area contributed by atoms with Gasteiger partial charge in [0.25, 0.3) is 0 Å². The van der Waals surface area contributed by atoms with E-state index in [0.717, 1.165) is 18.2 Å². The number of rotatable bonds is 9. The predicted molar refractivity (Wildman–Crippen MR) is 202 cm³/mol. The predicted octanol–water partition coefficient (Wildman–Crippen LogP) is 8.32. The van der Waals surface area contributed by atoms with Crippen LogP contribution in [0.1, 0.15) is 57.6 Å². The van der Waals surface area contributed by atoms with E-state index >= 15 is 0 Å². The molecule has 3 nitrogen and oxygen atoms in total. The fourth-order valence-electron chi connectivity index (χ4n) is 9.25. The van der Waals surface area contributed by atoms with Gasteiger partial charge in [-0.15, -0.1) is 6.58 Å². The number of nitrogens with one attached hydrogen (secondary N) is 2. The van der Waals surface area contributed by atoms with Crippen molar-refractivity contribution < 1.29 is 0 Å². The van der Waals surface area contributed by atoms with Gasteiger partial charge in [0.1, 0.15) is 0 Å². The monoisotopic (exact) mass is 645 g/mol. The molecule has 0 amide bonds. The molecule has 2 bridgehead atoms. The third-order valence-electron chi connectivity index (χ3n) is 11.5. The van der Waals surface area contributed by atoms with E-state index in [1.165, 1.54) is 59.0 Å². The zero-order valence-corrected chi connectivity index (χ0v) is 29.0. The third kappa shape index (κ3) is 6.05. The van der Waals surface area contributed by atoms with E-state index in [0.29, 0.717) is 23.8 Å². The van der Waals surface area contributed by atoms with Gasteiger partial charge in [-0.3, -0.25) is 4.90 Å². The standard InChI is InChI=1S/C41H48N3PS/c1-4-30-28-44-26-24-32(30)27-38(44)39(36-22-13-16-31-15-11-12-21-35(31)36)43-40(46)42-29(2)37-23-14-25-41(37,3)45(33-17-7-5-8-18-33)34-19-9-6-10-20-34/h4-13,15-22,29-30,32,37-39H,1,14,23-28H2,2-3H3,(H2,42,43,46)/t29-,30?,32?,37+,38?,39?,41?/m1/s1. The zero-order valence-electron chi connectivity index (χ0n) is 27.3. The molecule has 6 unspecified atom stereocenters. The molecule has 4 aromatic carbocycles. The van der Waals surface area contributed by atoms with Crippen LogP contribution >= 0.6 is 20.1 Å². The summed E-state index contributed by atoms with van der Waals surface area (Å²) in [6, 6.07) is 38.9. The molecule has 3 aliphatic heterocycles. The molecular formula is C41H48N3PS. The molecule has 238 valence electrons. The highest BCUT2D eigenvalue weighted by atomic mass is 32.1. The largest absolute Gasteiger partial charge is 0.360 e. The van der Waals surface area contributed by atoms with E-state index in [1.807, 2.05) is 0 Å². The van der Waals surface area contributed by atoms with E-state index in [1.54, 1.807) is 0 Å². The Kier molecular flexibility index (Phi) is 9.33. The maximum atomic E-state index is 6.24. The zero-order chi connectivity index (χ0) is 31.7. The van der Waals surface area contributed by atoms with Gasteiger partial charge >= 0.3 is 0 Å². The summed E-state index contributed by atoms with van der Waals surface area (Å²) < 4.78 is 0. The minimum Gasteiger partial charge on any atom is -0.360 e. The van der Waals surface area contributed by atoms with Gasteiger partial charge in [-0.2, -0.15) is 0 Å². The second-order valence-corrected chi connectivity index (χ2v) is 17.2. The third-order valence-corrected chi connectivity index (χ3v) is 14.9. The molecule has 0 radical (unpaired) electrons. The Labute approximate surface area is 282 Å². The normalized spacial score (nSPS) is 28.5. The molecule has 0 spiro atoms. The second-order valence-electron chi connectivity index (χ2n) is 14.1. The van der Waals surface area contributed by atoms with Crippen LogP contribution in [0.15, 0.2) is 116 Å². The molecule has 4 fully saturated rings. The molecule has 0 aromatic heterocycles. The topological polar surface area (TPSA) is 27.3 Å². The highest BCUT2D eigenvalue weighted by molar-refractivity contribution is 7.80. The van der Waals surface area contributed by atoms with Crippen LogP contribution in [0.3, 0.4) is 0 Å². The van der Waals surface area contributed by atoms with Crippen LogP contribution in [0.5, 0.6) is 0 Å². The fraction of sp³-hybridized carbons (Fsp3) is 0.390. The molecule has 4 aliphatic rings. The Hall–Kier alpha value is -3.04. The molecule has 3 heterocycles. The maximum Gasteiger partial charge on any atom is 0.167 e. The first-order chi connectivity index (χ1) is 22.5. The molecular weight excluding hydrogens is 598 g/mol. The van der Waals surface area contributed by atoms with Crippen molar-refractivity contribution in [1.82, 2.24) is 15.5 Å². The smallest absolute Gasteiger partial charge is 0.167 e. The Bertz CT molecular complexity index is 1620. The lowest BCUT2D eigenvalue weighted by Crippen LogP contribution is -2.58. The van der Waals surface area contributed by atoms with Crippen LogP contribution in [0.4, 0.5) is 0 Å². The summed E-state index contributed by atoms with van der Waals surface area (Å²) in [5.74, 6) is 1.80. The summed E-state index contributed by atoms with van der Waals surface area (Å²) in [7, 11) is -0.542. The van der Waals surface area contributed by atoms with Gasteiger partial charge in [-0.05, 0) is 104 Å². The van der Waals surface area contributed by atoms with Crippen LogP contribution < -0.4 is 21.2 Å². The average molecular weight is 646 g/mol. The Morgan fingerprint density at radius 2 is 1.59 bits per heavy atom. The lowest BCUT2D eigenvalue weighted by Gasteiger charge is -2.52. The van der Waals surface area contributed by atoms with Crippen LogP contribution in [0.2, 0.25) is 0 Å². The summed E-state index contributed by atoms with van der Waals surface area (Å²) in [5.41, 5.74) is 1.35. The average Bonchev–Trinajstić information content (AvgIpc) is 3.50. The summed E-state index contributed by atoms with van der Waals surface area (Å²) in [5, 5.41) is 14.3. The first-order valence-electron chi connectivity index (χ1n) is 17.3. The number of thiocarbonyl (C=S) groups is 1. The number of hydrogen-bond acceptors (Lipinski definition) is 2. The molecule has 3 saturated heterocycles. The van der Waals surface area contributed by atoms with Crippen molar-refractivity contribution >= 4 is 46.6 Å².